The van der Waals surface area contributed by atoms with Crippen molar-refractivity contribution in [2.45, 2.75) is 19.3 Å². The zero-order chi connectivity index (χ0) is 37.4. The highest BCUT2D eigenvalue weighted by Gasteiger charge is 2.40. The van der Waals surface area contributed by atoms with Crippen molar-refractivity contribution in [3.63, 3.8) is 0 Å². The lowest BCUT2D eigenvalue weighted by Crippen LogP contribution is -2.15. The van der Waals surface area contributed by atoms with Crippen LogP contribution in [0.5, 0.6) is 0 Å². The Hall–Kier alpha value is -7.10. The van der Waals surface area contributed by atoms with Gasteiger partial charge in [0.05, 0.1) is 0 Å². The minimum absolute atomic E-state index is 0.178. The van der Waals surface area contributed by atoms with Gasteiger partial charge in [-0.2, -0.15) is 0 Å². The maximum atomic E-state index is 6.71. The number of hydrogen-bond donors (Lipinski definition) is 0. The van der Waals surface area contributed by atoms with Crippen molar-refractivity contribution in [1.82, 2.24) is 0 Å². The fourth-order valence-corrected chi connectivity index (χ4v) is 8.83. The molecule has 0 saturated heterocycles. The summed E-state index contributed by atoms with van der Waals surface area (Å²) in [5, 5.41) is 3.40. The monoisotopic (exact) mass is 719 g/mol. The maximum Gasteiger partial charge on any atom is 0.139 e. The SMILES string of the molecule is CC1(C)c2cc(-c3ccc4c(c3)oc3cc(N(c5ccc(-c6ccccc6)cc5)c5ccc(-c6ccccc6)cc5)ccc34)ccc2-c2oc3ccccc3c21. The van der Waals surface area contributed by atoms with Gasteiger partial charge in [-0.15, -0.1) is 0 Å². The average molecular weight is 720 g/mol. The zero-order valence-corrected chi connectivity index (χ0v) is 31.2. The Balaban J connectivity index is 0.975. The van der Waals surface area contributed by atoms with E-state index in [1.807, 2.05) is 6.07 Å². The highest BCUT2D eigenvalue weighted by atomic mass is 16.3. The molecule has 0 aliphatic heterocycles. The van der Waals surface area contributed by atoms with Crippen molar-refractivity contribution in [3.8, 4) is 44.7 Å². The van der Waals surface area contributed by atoms with Crippen LogP contribution in [0.1, 0.15) is 25.0 Å². The molecule has 266 valence electrons. The largest absolute Gasteiger partial charge is 0.456 e. The highest BCUT2D eigenvalue weighted by Crippen LogP contribution is 2.53. The lowest BCUT2D eigenvalue weighted by atomic mass is 9.80. The first-order chi connectivity index (χ1) is 27.5. The van der Waals surface area contributed by atoms with Gasteiger partial charge in [-0.25, -0.2) is 0 Å². The summed E-state index contributed by atoms with van der Waals surface area (Å²) in [4.78, 5) is 2.31. The van der Waals surface area contributed by atoms with Gasteiger partial charge in [0.25, 0.3) is 0 Å². The van der Waals surface area contributed by atoms with E-state index in [-0.39, 0.29) is 5.41 Å². The van der Waals surface area contributed by atoms with Gasteiger partial charge < -0.3 is 13.7 Å². The van der Waals surface area contributed by atoms with E-state index in [1.165, 1.54) is 49.9 Å². The maximum absolute atomic E-state index is 6.71. The third-order valence-electron chi connectivity index (χ3n) is 11.7. The van der Waals surface area contributed by atoms with E-state index in [0.717, 1.165) is 55.9 Å². The normalized spacial score (nSPS) is 13.0. The van der Waals surface area contributed by atoms with E-state index >= 15 is 0 Å². The van der Waals surface area contributed by atoms with Gasteiger partial charge in [0.2, 0.25) is 0 Å². The second-order valence-electron chi connectivity index (χ2n) is 15.3. The van der Waals surface area contributed by atoms with Crippen LogP contribution < -0.4 is 4.90 Å². The average Bonchev–Trinajstić information content (AvgIpc) is 3.89. The van der Waals surface area contributed by atoms with Crippen LogP contribution in [-0.4, -0.2) is 0 Å². The lowest BCUT2D eigenvalue weighted by Gasteiger charge is -2.26. The summed E-state index contributed by atoms with van der Waals surface area (Å²) in [7, 11) is 0. The second kappa shape index (κ2) is 12.5. The summed E-state index contributed by atoms with van der Waals surface area (Å²) in [6.07, 6.45) is 0. The van der Waals surface area contributed by atoms with Crippen molar-refractivity contribution in [1.29, 1.82) is 0 Å². The van der Waals surface area contributed by atoms with Crippen LogP contribution in [0.2, 0.25) is 0 Å². The Bertz CT molecular complexity index is 3000. The molecule has 10 aromatic rings. The molecule has 1 aliphatic carbocycles. The topological polar surface area (TPSA) is 29.5 Å². The van der Waals surface area contributed by atoms with E-state index in [1.54, 1.807) is 0 Å². The van der Waals surface area contributed by atoms with Gasteiger partial charge in [-0.1, -0.05) is 135 Å². The van der Waals surface area contributed by atoms with Crippen molar-refractivity contribution < 1.29 is 8.83 Å². The first-order valence-corrected chi connectivity index (χ1v) is 19.2. The first kappa shape index (κ1) is 32.3. The quantitative estimate of drug-likeness (QED) is 0.171. The molecule has 0 radical (unpaired) electrons. The third-order valence-corrected chi connectivity index (χ3v) is 11.7. The van der Waals surface area contributed by atoms with Gasteiger partial charge in [0.1, 0.15) is 22.5 Å². The Labute approximate surface area is 325 Å². The van der Waals surface area contributed by atoms with Gasteiger partial charge in [0, 0.05) is 55.8 Å². The Morgan fingerprint density at radius 3 is 1.54 bits per heavy atom. The first-order valence-electron chi connectivity index (χ1n) is 19.2. The molecule has 0 fully saturated rings. The molecule has 3 heteroatoms. The van der Waals surface area contributed by atoms with Crippen molar-refractivity contribution in [2.24, 2.45) is 0 Å². The molecular weight excluding hydrogens is 683 g/mol. The van der Waals surface area contributed by atoms with Gasteiger partial charge in [-0.05, 0) is 99.6 Å². The van der Waals surface area contributed by atoms with Crippen LogP contribution in [0.25, 0.3) is 77.6 Å². The van der Waals surface area contributed by atoms with E-state index < -0.39 is 0 Å². The van der Waals surface area contributed by atoms with Gasteiger partial charge in [-0.3, -0.25) is 0 Å². The molecule has 0 atom stereocenters. The lowest BCUT2D eigenvalue weighted by molar-refractivity contribution is 0.619. The third kappa shape index (κ3) is 5.12. The molecule has 2 heterocycles. The molecule has 1 aliphatic rings. The fraction of sp³-hybridized carbons (Fsp3) is 0.0566. The standard InChI is InChI=1S/C53H37NO2/c1-53(2)47-31-38(22-29-45(47)52-51(53)46-15-9-10-16-48(46)56-52)39-21-28-43-44-30-27-42(33-50(44)55-49(43)32-39)54(40-23-17-36(18-24-40)34-11-5-3-6-12-34)41-25-19-37(20-26-41)35-13-7-4-8-14-35/h3-33H,1-2H3. The number of furan rings is 2. The van der Waals surface area contributed by atoms with Crippen molar-refractivity contribution >= 4 is 50.0 Å². The fourth-order valence-electron chi connectivity index (χ4n) is 8.83. The second-order valence-corrected chi connectivity index (χ2v) is 15.3. The number of rotatable bonds is 6. The summed E-state index contributed by atoms with van der Waals surface area (Å²) < 4.78 is 13.1. The molecule has 0 unspecified atom stereocenters. The van der Waals surface area contributed by atoms with Gasteiger partial charge in [0.15, 0.2) is 0 Å². The molecule has 0 saturated carbocycles. The van der Waals surface area contributed by atoms with Crippen LogP contribution in [-0.2, 0) is 5.41 Å². The van der Waals surface area contributed by atoms with Crippen LogP contribution in [0.3, 0.4) is 0 Å². The molecule has 0 bridgehead atoms. The van der Waals surface area contributed by atoms with Crippen LogP contribution in [0.4, 0.5) is 17.1 Å². The van der Waals surface area contributed by atoms with E-state index in [9.17, 15) is 0 Å². The highest BCUT2D eigenvalue weighted by molar-refractivity contribution is 6.07. The number of hydrogen-bond acceptors (Lipinski definition) is 3. The van der Waals surface area contributed by atoms with E-state index in [0.29, 0.717) is 0 Å². The zero-order valence-electron chi connectivity index (χ0n) is 31.2. The predicted octanol–water partition coefficient (Wildman–Crippen LogP) is 15.1. The molecule has 0 spiro atoms. The molecular formula is C53H37NO2. The smallest absolute Gasteiger partial charge is 0.139 e. The molecule has 0 amide bonds. The van der Waals surface area contributed by atoms with Gasteiger partial charge >= 0.3 is 0 Å². The summed E-state index contributed by atoms with van der Waals surface area (Å²) in [5.41, 5.74) is 16.5. The summed E-state index contributed by atoms with van der Waals surface area (Å²) in [6, 6.07) is 67.0. The van der Waals surface area contributed by atoms with Crippen molar-refractivity contribution in [2.75, 3.05) is 4.90 Å². The molecule has 0 N–H and O–H groups in total. The predicted molar refractivity (Wildman–Crippen MR) is 232 cm³/mol. The van der Waals surface area contributed by atoms with Crippen LogP contribution >= 0.6 is 0 Å². The van der Waals surface area contributed by atoms with Crippen LogP contribution in [0, 0.1) is 0 Å². The van der Waals surface area contributed by atoms with Crippen molar-refractivity contribution in [3.05, 3.63) is 199 Å². The number of benzene rings is 8. The molecule has 11 rings (SSSR count). The molecule has 8 aromatic carbocycles. The molecule has 2 aromatic heterocycles. The summed E-state index contributed by atoms with van der Waals surface area (Å²) in [5.74, 6) is 0.995. The Morgan fingerprint density at radius 1 is 0.375 bits per heavy atom. The Morgan fingerprint density at radius 2 is 0.875 bits per heavy atom. The summed E-state index contributed by atoms with van der Waals surface area (Å²) >= 11 is 0. The minimum Gasteiger partial charge on any atom is -0.456 e. The molecule has 56 heavy (non-hydrogen) atoms. The van der Waals surface area contributed by atoms with E-state index in [4.69, 9.17) is 8.83 Å². The minimum atomic E-state index is -0.178. The van der Waals surface area contributed by atoms with Crippen LogP contribution in [0.15, 0.2) is 197 Å². The number of fused-ring (bicyclic) bond motifs is 8. The summed E-state index contributed by atoms with van der Waals surface area (Å²) in [6.45, 7) is 4.62. The number of nitrogens with zero attached hydrogens (tertiary/aromatic N) is 1. The molecule has 3 nitrogen and oxygen atoms in total. The number of anilines is 3. The van der Waals surface area contributed by atoms with E-state index in [2.05, 4.69) is 201 Å². The number of para-hydroxylation sites is 1. The Kier molecular flexibility index (Phi) is 7.20.